The third-order valence-corrected chi connectivity index (χ3v) is 3.80. The van der Waals surface area contributed by atoms with Gasteiger partial charge in [0.05, 0.1) is 0 Å². The van der Waals surface area contributed by atoms with Crippen LogP contribution in [0.25, 0.3) is 0 Å². The molecule has 2 nitrogen and oxygen atoms in total. The van der Waals surface area contributed by atoms with Gasteiger partial charge in [-0.3, -0.25) is 4.90 Å². The van der Waals surface area contributed by atoms with Crippen LogP contribution in [0, 0.1) is 0 Å². The molecule has 86 valence electrons. The molecule has 2 aliphatic rings. The van der Waals surface area contributed by atoms with Gasteiger partial charge in [-0.25, -0.2) is 0 Å². The molecule has 2 rings (SSSR count). The van der Waals surface area contributed by atoms with E-state index in [9.17, 15) is 0 Å². The van der Waals surface area contributed by atoms with Gasteiger partial charge in [-0.05, 0) is 51.7 Å². The molecule has 1 saturated heterocycles. The Morgan fingerprint density at radius 2 is 2.07 bits per heavy atom. The molecule has 0 aromatic carbocycles. The van der Waals surface area contributed by atoms with Gasteiger partial charge in [0.15, 0.2) is 0 Å². The second-order valence-electron chi connectivity index (χ2n) is 4.74. The summed E-state index contributed by atoms with van der Waals surface area (Å²) in [7, 11) is 0. The molecule has 2 heteroatoms. The third kappa shape index (κ3) is 2.82. The Bertz CT molecular complexity index is 207. The highest BCUT2D eigenvalue weighted by Gasteiger charge is 2.25. The molecule has 1 N–H and O–H groups in total. The van der Waals surface area contributed by atoms with Crippen molar-refractivity contribution in [3.8, 4) is 0 Å². The van der Waals surface area contributed by atoms with Crippen molar-refractivity contribution in [2.75, 3.05) is 19.6 Å². The highest BCUT2D eigenvalue weighted by molar-refractivity contribution is 5.00. The lowest BCUT2D eigenvalue weighted by atomic mass is 9.96. The van der Waals surface area contributed by atoms with Gasteiger partial charge in [-0.15, -0.1) is 0 Å². The fourth-order valence-electron chi connectivity index (χ4n) is 2.97. The fourth-order valence-corrected chi connectivity index (χ4v) is 2.97. The lowest BCUT2D eigenvalue weighted by Crippen LogP contribution is -2.47. The van der Waals surface area contributed by atoms with Gasteiger partial charge in [-0.2, -0.15) is 0 Å². The molecule has 1 unspecified atom stereocenters. The van der Waals surface area contributed by atoms with Gasteiger partial charge < -0.3 is 5.32 Å². The third-order valence-electron chi connectivity index (χ3n) is 3.80. The van der Waals surface area contributed by atoms with E-state index in [0.29, 0.717) is 0 Å². The zero-order valence-corrected chi connectivity index (χ0v) is 9.91. The molecular weight excluding hydrogens is 184 g/mol. The maximum atomic E-state index is 3.45. The van der Waals surface area contributed by atoms with Crippen LogP contribution in [0.3, 0.4) is 0 Å². The predicted octanol–water partition coefficient (Wildman–Crippen LogP) is 2.17. The van der Waals surface area contributed by atoms with Crippen molar-refractivity contribution < 1.29 is 0 Å². The van der Waals surface area contributed by atoms with E-state index in [2.05, 4.69) is 29.3 Å². The molecular formula is C13H24N2. The Hall–Kier alpha value is -0.340. The van der Waals surface area contributed by atoms with Crippen molar-refractivity contribution in [2.24, 2.45) is 0 Å². The fraction of sp³-hybridized carbons (Fsp3) is 0.846. The van der Waals surface area contributed by atoms with Crippen LogP contribution in [0.15, 0.2) is 12.2 Å². The first-order chi connectivity index (χ1) is 7.42. The van der Waals surface area contributed by atoms with Crippen LogP contribution < -0.4 is 5.32 Å². The van der Waals surface area contributed by atoms with Gasteiger partial charge >= 0.3 is 0 Å². The minimum Gasteiger partial charge on any atom is -0.317 e. The molecule has 0 spiro atoms. The van der Waals surface area contributed by atoms with E-state index >= 15 is 0 Å². The quantitative estimate of drug-likeness (QED) is 0.715. The average Bonchev–Trinajstić information content (AvgIpc) is 2.33. The summed E-state index contributed by atoms with van der Waals surface area (Å²) in [6, 6.07) is 1.55. The van der Waals surface area contributed by atoms with Crippen LogP contribution in [0.1, 0.15) is 39.0 Å². The molecule has 1 aliphatic carbocycles. The Labute approximate surface area is 93.7 Å². The first-order valence-corrected chi connectivity index (χ1v) is 6.55. The van der Waals surface area contributed by atoms with Crippen LogP contribution in [0.4, 0.5) is 0 Å². The molecule has 15 heavy (non-hydrogen) atoms. The van der Waals surface area contributed by atoms with E-state index in [4.69, 9.17) is 0 Å². The Balaban J connectivity index is 1.95. The van der Waals surface area contributed by atoms with Gasteiger partial charge in [-0.1, -0.05) is 19.1 Å². The van der Waals surface area contributed by atoms with Crippen molar-refractivity contribution in [1.29, 1.82) is 0 Å². The summed E-state index contributed by atoms with van der Waals surface area (Å²) < 4.78 is 0. The number of hydrogen-bond acceptors (Lipinski definition) is 2. The normalized spacial score (nSPS) is 28.5. The number of nitrogens with one attached hydrogen (secondary N) is 1. The van der Waals surface area contributed by atoms with Crippen molar-refractivity contribution in [2.45, 2.75) is 51.1 Å². The first-order valence-electron chi connectivity index (χ1n) is 6.55. The van der Waals surface area contributed by atoms with Crippen molar-refractivity contribution in [1.82, 2.24) is 10.2 Å². The molecule has 0 radical (unpaired) electrons. The minimum atomic E-state index is 0.729. The van der Waals surface area contributed by atoms with Gasteiger partial charge in [0.2, 0.25) is 0 Å². The Morgan fingerprint density at radius 1 is 1.27 bits per heavy atom. The van der Waals surface area contributed by atoms with E-state index < -0.39 is 0 Å². The van der Waals surface area contributed by atoms with Gasteiger partial charge in [0, 0.05) is 12.1 Å². The Kier molecular flexibility index (Phi) is 4.21. The topological polar surface area (TPSA) is 15.3 Å². The van der Waals surface area contributed by atoms with Crippen molar-refractivity contribution >= 4 is 0 Å². The van der Waals surface area contributed by atoms with Crippen LogP contribution in [0.2, 0.25) is 0 Å². The summed E-state index contributed by atoms with van der Waals surface area (Å²) in [6.45, 7) is 5.93. The first kappa shape index (κ1) is 11.2. The average molecular weight is 208 g/mol. The van der Waals surface area contributed by atoms with E-state index in [1.54, 1.807) is 0 Å². The number of piperidine rings is 1. The SMILES string of the molecule is CCN(C1C=CCCC1)C1CCNCC1. The van der Waals surface area contributed by atoms with Crippen molar-refractivity contribution in [3.63, 3.8) is 0 Å². The zero-order valence-electron chi connectivity index (χ0n) is 9.91. The van der Waals surface area contributed by atoms with Crippen LogP contribution in [-0.4, -0.2) is 36.6 Å². The summed E-state index contributed by atoms with van der Waals surface area (Å²) in [6.07, 6.45) is 11.5. The molecule has 1 aliphatic heterocycles. The second kappa shape index (κ2) is 5.66. The molecule has 1 atom stereocenters. The van der Waals surface area contributed by atoms with Gasteiger partial charge in [0.25, 0.3) is 0 Å². The maximum absolute atomic E-state index is 3.45. The maximum Gasteiger partial charge on any atom is 0.0281 e. The number of hydrogen-bond donors (Lipinski definition) is 1. The van der Waals surface area contributed by atoms with E-state index in [1.165, 1.54) is 51.7 Å². The summed E-state index contributed by atoms with van der Waals surface area (Å²) >= 11 is 0. The summed E-state index contributed by atoms with van der Waals surface area (Å²) in [4.78, 5) is 2.72. The Morgan fingerprint density at radius 3 is 2.67 bits per heavy atom. The highest BCUT2D eigenvalue weighted by atomic mass is 15.2. The minimum absolute atomic E-state index is 0.729. The smallest absolute Gasteiger partial charge is 0.0281 e. The van der Waals surface area contributed by atoms with E-state index in [0.717, 1.165) is 12.1 Å². The number of likely N-dealkylation sites (N-methyl/N-ethyl adjacent to an activating group) is 1. The lowest BCUT2D eigenvalue weighted by Gasteiger charge is -2.39. The monoisotopic (exact) mass is 208 g/mol. The highest BCUT2D eigenvalue weighted by Crippen LogP contribution is 2.22. The van der Waals surface area contributed by atoms with Crippen LogP contribution >= 0.6 is 0 Å². The van der Waals surface area contributed by atoms with E-state index in [-0.39, 0.29) is 0 Å². The number of rotatable bonds is 3. The predicted molar refractivity (Wildman–Crippen MR) is 65.1 cm³/mol. The van der Waals surface area contributed by atoms with Crippen LogP contribution in [0.5, 0.6) is 0 Å². The number of nitrogens with zero attached hydrogens (tertiary/aromatic N) is 1. The standard InChI is InChI=1S/C13H24N2/c1-2-15(12-6-4-3-5-7-12)13-8-10-14-11-9-13/h4,6,12-14H,2-3,5,7-11H2,1H3. The summed E-state index contributed by atoms with van der Waals surface area (Å²) in [5.74, 6) is 0. The molecule has 0 amide bonds. The summed E-state index contributed by atoms with van der Waals surface area (Å²) in [5.41, 5.74) is 0. The molecule has 0 aromatic heterocycles. The molecule has 1 fully saturated rings. The molecule has 0 bridgehead atoms. The lowest BCUT2D eigenvalue weighted by molar-refractivity contribution is 0.129. The molecule has 0 saturated carbocycles. The van der Waals surface area contributed by atoms with E-state index in [1.807, 2.05) is 0 Å². The van der Waals surface area contributed by atoms with Crippen molar-refractivity contribution in [3.05, 3.63) is 12.2 Å². The number of allylic oxidation sites excluding steroid dienone is 1. The second-order valence-corrected chi connectivity index (χ2v) is 4.74. The largest absolute Gasteiger partial charge is 0.317 e. The van der Waals surface area contributed by atoms with Gasteiger partial charge in [0.1, 0.15) is 0 Å². The molecule has 1 heterocycles. The molecule has 0 aromatic rings. The van der Waals surface area contributed by atoms with Crippen LogP contribution in [-0.2, 0) is 0 Å². The zero-order chi connectivity index (χ0) is 10.5. The summed E-state index contributed by atoms with van der Waals surface area (Å²) in [5, 5.41) is 3.45.